The van der Waals surface area contributed by atoms with E-state index in [0.29, 0.717) is 18.0 Å². The maximum atomic E-state index is 5.59. The molecule has 0 radical (unpaired) electrons. The third kappa shape index (κ3) is 3.06. The van der Waals surface area contributed by atoms with Crippen LogP contribution < -0.4 is 5.32 Å². The van der Waals surface area contributed by atoms with Gasteiger partial charge in [0, 0.05) is 37.8 Å². The summed E-state index contributed by atoms with van der Waals surface area (Å²) in [5, 5.41) is 3.73. The lowest BCUT2D eigenvalue weighted by molar-refractivity contribution is -0.0340. The minimum Gasteiger partial charge on any atom is -0.381 e. The van der Waals surface area contributed by atoms with Crippen LogP contribution in [0.3, 0.4) is 0 Å². The van der Waals surface area contributed by atoms with Crippen LogP contribution in [0.15, 0.2) is 0 Å². The minimum absolute atomic E-state index is 0.663. The van der Waals surface area contributed by atoms with E-state index in [2.05, 4.69) is 37.9 Å². The number of ether oxygens (including phenoxy) is 1. The topological polar surface area (TPSA) is 24.5 Å². The molecule has 0 saturated carbocycles. The van der Waals surface area contributed by atoms with Gasteiger partial charge in [-0.3, -0.25) is 4.90 Å². The Labute approximate surface area is 112 Å². The first-order valence-corrected chi connectivity index (χ1v) is 7.70. The molecule has 2 aliphatic rings. The molecule has 2 rings (SSSR count). The van der Waals surface area contributed by atoms with Crippen LogP contribution in [0.4, 0.5) is 0 Å². The van der Waals surface area contributed by atoms with Crippen molar-refractivity contribution in [3.63, 3.8) is 0 Å². The Hall–Kier alpha value is -0.120. The van der Waals surface area contributed by atoms with Gasteiger partial charge in [0.05, 0.1) is 6.61 Å². The van der Waals surface area contributed by atoms with Crippen molar-refractivity contribution in [1.82, 2.24) is 10.2 Å². The fourth-order valence-electron chi connectivity index (χ4n) is 3.40. The van der Waals surface area contributed by atoms with E-state index in [0.717, 1.165) is 31.7 Å². The molecule has 0 aromatic rings. The van der Waals surface area contributed by atoms with Crippen molar-refractivity contribution in [3.8, 4) is 0 Å². The van der Waals surface area contributed by atoms with Crippen LogP contribution in [0.25, 0.3) is 0 Å². The number of nitrogens with one attached hydrogen (secondary N) is 1. The summed E-state index contributed by atoms with van der Waals surface area (Å²) < 4.78 is 5.59. The summed E-state index contributed by atoms with van der Waals surface area (Å²) in [5.41, 5.74) is 0. The largest absolute Gasteiger partial charge is 0.381 e. The molecule has 3 nitrogen and oxygen atoms in total. The van der Waals surface area contributed by atoms with Crippen LogP contribution in [0.2, 0.25) is 0 Å². The quantitative estimate of drug-likeness (QED) is 0.835. The third-order valence-electron chi connectivity index (χ3n) is 5.00. The fraction of sp³-hybridized carbons (Fsp3) is 1.00. The average molecular weight is 254 g/mol. The summed E-state index contributed by atoms with van der Waals surface area (Å²) in [6.45, 7) is 13.6. The highest BCUT2D eigenvalue weighted by molar-refractivity contribution is 4.92. The van der Waals surface area contributed by atoms with Crippen molar-refractivity contribution in [3.05, 3.63) is 0 Å². The van der Waals surface area contributed by atoms with Gasteiger partial charge in [-0.25, -0.2) is 0 Å². The first-order valence-electron chi connectivity index (χ1n) is 7.70. The summed E-state index contributed by atoms with van der Waals surface area (Å²) in [7, 11) is 0. The summed E-state index contributed by atoms with van der Waals surface area (Å²) in [6.07, 6.45) is 2.47. The standard InChI is InChI=1S/C15H30N2O/c1-5-11(2)14-9-17(13(4)8-16-14)15-6-7-18-10-12(15)3/h11-16H,5-10H2,1-4H3. The van der Waals surface area contributed by atoms with E-state index in [1.54, 1.807) is 0 Å². The fourth-order valence-corrected chi connectivity index (χ4v) is 3.40. The molecule has 3 heteroatoms. The summed E-state index contributed by atoms with van der Waals surface area (Å²) in [6, 6.07) is 2.06. The smallest absolute Gasteiger partial charge is 0.0506 e. The van der Waals surface area contributed by atoms with Gasteiger partial charge in [-0.15, -0.1) is 0 Å². The van der Waals surface area contributed by atoms with Crippen LogP contribution in [-0.4, -0.2) is 49.3 Å². The Bertz CT molecular complexity index is 259. The molecule has 0 amide bonds. The van der Waals surface area contributed by atoms with E-state index in [1.807, 2.05) is 0 Å². The Morgan fingerprint density at radius 3 is 2.83 bits per heavy atom. The molecule has 0 spiro atoms. The first-order chi connectivity index (χ1) is 8.63. The van der Waals surface area contributed by atoms with Gasteiger partial charge in [0.25, 0.3) is 0 Å². The Balaban J connectivity index is 2.00. The summed E-state index contributed by atoms with van der Waals surface area (Å²) >= 11 is 0. The van der Waals surface area contributed by atoms with E-state index in [1.165, 1.54) is 19.4 Å². The number of piperazine rings is 1. The third-order valence-corrected chi connectivity index (χ3v) is 5.00. The molecule has 106 valence electrons. The van der Waals surface area contributed by atoms with Crippen molar-refractivity contribution in [2.45, 2.75) is 58.7 Å². The van der Waals surface area contributed by atoms with E-state index in [9.17, 15) is 0 Å². The van der Waals surface area contributed by atoms with Gasteiger partial charge in [-0.1, -0.05) is 27.2 Å². The van der Waals surface area contributed by atoms with E-state index in [-0.39, 0.29) is 0 Å². The average Bonchev–Trinajstić information content (AvgIpc) is 2.39. The monoisotopic (exact) mass is 254 g/mol. The highest BCUT2D eigenvalue weighted by Crippen LogP contribution is 2.25. The molecule has 0 bridgehead atoms. The molecule has 2 aliphatic heterocycles. The van der Waals surface area contributed by atoms with Gasteiger partial charge < -0.3 is 10.1 Å². The molecule has 5 unspecified atom stereocenters. The van der Waals surface area contributed by atoms with Crippen LogP contribution >= 0.6 is 0 Å². The zero-order chi connectivity index (χ0) is 13.1. The van der Waals surface area contributed by atoms with Gasteiger partial charge in [0.15, 0.2) is 0 Å². The second kappa shape index (κ2) is 6.36. The molecule has 0 aromatic carbocycles. The predicted octanol–water partition coefficient (Wildman–Crippen LogP) is 2.12. The second-order valence-electron chi connectivity index (χ2n) is 6.35. The molecule has 0 aliphatic carbocycles. The van der Waals surface area contributed by atoms with Crippen molar-refractivity contribution in [2.24, 2.45) is 11.8 Å². The molecule has 18 heavy (non-hydrogen) atoms. The Morgan fingerprint density at radius 2 is 2.17 bits per heavy atom. The lowest BCUT2D eigenvalue weighted by Gasteiger charge is -2.48. The first kappa shape index (κ1) is 14.3. The molecule has 1 N–H and O–H groups in total. The summed E-state index contributed by atoms with van der Waals surface area (Å²) in [5.74, 6) is 1.45. The van der Waals surface area contributed by atoms with Crippen LogP contribution in [0.5, 0.6) is 0 Å². The SMILES string of the molecule is CCC(C)C1CN(C2CCOCC2C)C(C)CN1. The maximum Gasteiger partial charge on any atom is 0.0506 e. The lowest BCUT2D eigenvalue weighted by Crippen LogP contribution is -2.62. The molecule has 2 heterocycles. The normalized spacial score (nSPS) is 40.7. The molecular formula is C15H30N2O. The zero-order valence-corrected chi connectivity index (χ0v) is 12.5. The van der Waals surface area contributed by atoms with Crippen molar-refractivity contribution in [2.75, 3.05) is 26.3 Å². The van der Waals surface area contributed by atoms with Gasteiger partial charge >= 0.3 is 0 Å². The van der Waals surface area contributed by atoms with E-state index in [4.69, 9.17) is 4.74 Å². The minimum atomic E-state index is 0.663. The number of hydrogen-bond donors (Lipinski definition) is 1. The molecule has 5 atom stereocenters. The summed E-state index contributed by atoms with van der Waals surface area (Å²) in [4.78, 5) is 2.75. The number of hydrogen-bond acceptors (Lipinski definition) is 3. The van der Waals surface area contributed by atoms with Crippen LogP contribution in [-0.2, 0) is 4.74 Å². The maximum absolute atomic E-state index is 5.59. The van der Waals surface area contributed by atoms with Crippen molar-refractivity contribution < 1.29 is 4.74 Å². The predicted molar refractivity (Wildman–Crippen MR) is 75.8 cm³/mol. The van der Waals surface area contributed by atoms with Crippen LogP contribution in [0, 0.1) is 11.8 Å². The van der Waals surface area contributed by atoms with E-state index < -0.39 is 0 Å². The number of rotatable bonds is 3. The Morgan fingerprint density at radius 1 is 1.39 bits per heavy atom. The van der Waals surface area contributed by atoms with Gasteiger partial charge in [0.1, 0.15) is 0 Å². The number of nitrogens with zero attached hydrogens (tertiary/aromatic N) is 1. The van der Waals surface area contributed by atoms with Gasteiger partial charge in [0.2, 0.25) is 0 Å². The highest BCUT2D eigenvalue weighted by Gasteiger charge is 2.35. The van der Waals surface area contributed by atoms with Gasteiger partial charge in [-0.2, -0.15) is 0 Å². The van der Waals surface area contributed by atoms with Gasteiger partial charge in [-0.05, 0) is 25.2 Å². The molecule has 2 fully saturated rings. The molecular weight excluding hydrogens is 224 g/mol. The van der Waals surface area contributed by atoms with E-state index >= 15 is 0 Å². The second-order valence-corrected chi connectivity index (χ2v) is 6.35. The molecule has 2 saturated heterocycles. The van der Waals surface area contributed by atoms with Crippen LogP contribution in [0.1, 0.15) is 40.5 Å². The zero-order valence-electron chi connectivity index (χ0n) is 12.5. The highest BCUT2D eigenvalue weighted by atomic mass is 16.5. The van der Waals surface area contributed by atoms with Crippen molar-refractivity contribution in [1.29, 1.82) is 0 Å². The van der Waals surface area contributed by atoms with Crippen molar-refractivity contribution >= 4 is 0 Å². The lowest BCUT2D eigenvalue weighted by atomic mass is 9.90. The molecule has 0 aromatic heterocycles. The Kier molecular flexibility index (Phi) is 5.05.